The van der Waals surface area contributed by atoms with E-state index >= 15 is 0 Å². The Labute approximate surface area is 189 Å². The Hall–Kier alpha value is -2.02. The molecule has 8 heteroatoms. The topological polar surface area (TPSA) is 58.5 Å². The minimum absolute atomic E-state index is 0.285. The number of benzene rings is 1. The smallest absolute Gasteiger partial charge is 0.203 e. The van der Waals surface area contributed by atoms with Gasteiger partial charge in [-0.05, 0) is 57.1 Å². The second-order valence-corrected chi connectivity index (χ2v) is 8.59. The first-order valence-corrected chi connectivity index (χ1v) is 11.0. The number of likely N-dealkylation sites (tertiary alicyclic amines) is 1. The van der Waals surface area contributed by atoms with E-state index in [1.807, 2.05) is 33.2 Å². The fourth-order valence-electron chi connectivity index (χ4n) is 3.75. The lowest BCUT2D eigenvalue weighted by Crippen LogP contribution is -2.42. The largest absolute Gasteiger partial charge is 0.381 e. The van der Waals surface area contributed by atoms with E-state index < -0.39 is 0 Å². The fraction of sp³-hybridized carbons (Fsp3) is 0.455. The van der Waals surface area contributed by atoms with E-state index in [1.165, 1.54) is 19.4 Å². The van der Waals surface area contributed by atoms with Crippen molar-refractivity contribution in [3.63, 3.8) is 0 Å². The Kier molecular flexibility index (Phi) is 7.45. The first-order valence-electron chi connectivity index (χ1n) is 10.3. The molecular formula is C22H30Cl2N6. The summed E-state index contributed by atoms with van der Waals surface area (Å²) in [4.78, 5) is 10.6. The van der Waals surface area contributed by atoms with Crippen LogP contribution in [0.4, 0.5) is 17.2 Å². The highest BCUT2D eigenvalue weighted by Gasteiger charge is 2.20. The molecule has 2 N–H and O–H groups in total. The molecule has 0 aliphatic carbocycles. The van der Waals surface area contributed by atoms with Crippen molar-refractivity contribution < 1.29 is 0 Å². The van der Waals surface area contributed by atoms with Crippen LogP contribution in [0.1, 0.15) is 25.5 Å². The van der Waals surface area contributed by atoms with Crippen LogP contribution in [0.25, 0.3) is 0 Å². The maximum atomic E-state index is 8.65. The number of guanidine groups is 1. The van der Waals surface area contributed by atoms with Crippen LogP contribution in [0.5, 0.6) is 0 Å². The van der Waals surface area contributed by atoms with E-state index in [2.05, 4.69) is 28.2 Å². The molecule has 1 aromatic heterocycles. The molecule has 3 rings (SSSR count). The van der Waals surface area contributed by atoms with Crippen LogP contribution in [0.2, 0.25) is 10.0 Å². The second-order valence-electron chi connectivity index (χ2n) is 7.77. The molecule has 1 fully saturated rings. The first kappa shape index (κ1) is 22.7. The summed E-state index contributed by atoms with van der Waals surface area (Å²) in [6, 6.07) is 9.84. The number of halogens is 2. The summed E-state index contributed by atoms with van der Waals surface area (Å²) in [5.41, 5.74) is 2.74. The van der Waals surface area contributed by atoms with Crippen LogP contribution in [0, 0.1) is 12.3 Å². The molecule has 6 nitrogen and oxygen atoms in total. The van der Waals surface area contributed by atoms with Gasteiger partial charge < -0.3 is 15.1 Å². The number of pyridine rings is 1. The van der Waals surface area contributed by atoms with Gasteiger partial charge in [-0.1, -0.05) is 30.1 Å². The first-order chi connectivity index (χ1) is 14.3. The number of nitrogens with one attached hydrogen (secondary N) is 2. The average molecular weight is 449 g/mol. The standard InChI is InChI=1S/C22H30Cl2N6/c1-5-30-10-6-7-16(14-30)27-17-11-15(2)26-21(12-17)29(4)22(25)28(3)18-8-9-19(23)20(24)13-18/h8-9,11-13,16,25H,5-7,10,14H2,1-4H3,(H,26,27). The lowest BCUT2D eigenvalue weighted by atomic mass is 10.1. The summed E-state index contributed by atoms with van der Waals surface area (Å²) in [7, 11) is 3.68. The van der Waals surface area contributed by atoms with Crippen molar-refractivity contribution >= 4 is 46.4 Å². The van der Waals surface area contributed by atoms with E-state index in [9.17, 15) is 0 Å². The normalized spacial score (nSPS) is 16.9. The minimum atomic E-state index is 0.285. The monoisotopic (exact) mass is 448 g/mol. The van der Waals surface area contributed by atoms with Crippen LogP contribution in [-0.2, 0) is 0 Å². The van der Waals surface area contributed by atoms with Gasteiger partial charge in [-0.25, -0.2) is 4.98 Å². The number of rotatable bonds is 5. The van der Waals surface area contributed by atoms with Crippen LogP contribution < -0.4 is 15.1 Å². The average Bonchev–Trinajstić information content (AvgIpc) is 2.73. The lowest BCUT2D eigenvalue weighted by molar-refractivity contribution is 0.227. The third-order valence-corrected chi connectivity index (χ3v) is 6.27. The summed E-state index contributed by atoms with van der Waals surface area (Å²) in [6.45, 7) is 7.50. The van der Waals surface area contributed by atoms with Crippen molar-refractivity contribution in [1.82, 2.24) is 9.88 Å². The molecule has 1 aliphatic rings. The molecule has 1 atom stereocenters. The molecular weight excluding hydrogens is 419 g/mol. The van der Waals surface area contributed by atoms with Crippen LogP contribution >= 0.6 is 23.2 Å². The number of likely N-dealkylation sites (N-methyl/N-ethyl adjacent to an activating group) is 1. The van der Waals surface area contributed by atoms with Crippen molar-refractivity contribution in [1.29, 1.82) is 5.41 Å². The number of piperidine rings is 1. The third-order valence-electron chi connectivity index (χ3n) is 5.53. The zero-order chi connectivity index (χ0) is 21.8. The number of aryl methyl sites for hydroxylation is 1. The van der Waals surface area contributed by atoms with E-state index in [4.69, 9.17) is 28.6 Å². The number of aromatic nitrogens is 1. The van der Waals surface area contributed by atoms with E-state index in [0.717, 1.165) is 36.0 Å². The van der Waals surface area contributed by atoms with Crippen LogP contribution in [0.15, 0.2) is 30.3 Å². The van der Waals surface area contributed by atoms with Crippen molar-refractivity contribution in [2.24, 2.45) is 0 Å². The van der Waals surface area contributed by atoms with Gasteiger partial charge in [0.2, 0.25) is 5.96 Å². The van der Waals surface area contributed by atoms with Gasteiger partial charge in [0.25, 0.3) is 0 Å². The molecule has 2 aromatic rings. The summed E-state index contributed by atoms with van der Waals surface area (Å²) >= 11 is 12.2. The molecule has 0 radical (unpaired) electrons. The van der Waals surface area contributed by atoms with Crippen LogP contribution in [0.3, 0.4) is 0 Å². The lowest BCUT2D eigenvalue weighted by Gasteiger charge is -2.33. The molecule has 0 bridgehead atoms. The zero-order valence-corrected chi connectivity index (χ0v) is 19.6. The van der Waals surface area contributed by atoms with E-state index in [0.29, 0.717) is 16.1 Å². The van der Waals surface area contributed by atoms with Gasteiger partial charge in [-0.15, -0.1) is 0 Å². The molecule has 1 aromatic carbocycles. The van der Waals surface area contributed by atoms with Gasteiger partial charge in [0.15, 0.2) is 0 Å². The number of nitrogens with zero attached hydrogens (tertiary/aromatic N) is 4. The highest BCUT2D eigenvalue weighted by Crippen LogP contribution is 2.28. The van der Waals surface area contributed by atoms with Gasteiger partial charge >= 0.3 is 0 Å². The van der Waals surface area contributed by atoms with Gasteiger partial charge in [-0.2, -0.15) is 0 Å². The highest BCUT2D eigenvalue weighted by molar-refractivity contribution is 6.42. The Morgan fingerprint density at radius 2 is 1.97 bits per heavy atom. The predicted molar refractivity (Wildman–Crippen MR) is 129 cm³/mol. The summed E-state index contributed by atoms with van der Waals surface area (Å²) in [5, 5.41) is 13.3. The molecule has 162 valence electrons. The SMILES string of the molecule is CCN1CCCC(Nc2cc(C)nc(N(C)C(=N)N(C)c3ccc(Cl)c(Cl)c3)c2)C1. The molecule has 1 aliphatic heterocycles. The molecule has 2 heterocycles. The number of hydrogen-bond donors (Lipinski definition) is 2. The molecule has 1 saturated heterocycles. The molecule has 1 unspecified atom stereocenters. The van der Waals surface area contributed by atoms with Gasteiger partial charge in [-0.3, -0.25) is 10.3 Å². The Balaban J connectivity index is 1.75. The molecule has 0 amide bonds. The molecule has 0 spiro atoms. The summed E-state index contributed by atoms with van der Waals surface area (Å²) in [6.07, 6.45) is 2.38. The van der Waals surface area contributed by atoms with E-state index in [-0.39, 0.29) is 5.96 Å². The maximum absolute atomic E-state index is 8.65. The van der Waals surface area contributed by atoms with Gasteiger partial charge in [0.05, 0.1) is 10.0 Å². The highest BCUT2D eigenvalue weighted by atomic mass is 35.5. The number of anilines is 3. The molecule has 0 saturated carbocycles. The minimum Gasteiger partial charge on any atom is -0.381 e. The summed E-state index contributed by atoms with van der Waals surface area (Å²) < 4.78 is 0. The van der Waals surface area contributed by atoms with E-state index in [1.54, 1.807) is 21.9 Å². The fourth-order valence-corrected chi connectivity index (χ4v) is 4.04. The second kappa shape index (κ2) is 9.86. The predicted octanol–water partition coefficient (Wildman–Crippen LogP) is 5.10. The van der Waals surface area contributed by atoms with Crippen molar-refractivity contribution in [3.8, 4) is 0 Å². The van der Waals surface area contributed by atoms with Gasteiger partial charge in [0.1, 0.15) is 5.82 Å². The van der Waals surface area contributed by atoms with Crippen LogP contribution in [-0.4, -0.2) is 55.6 Å². The quantitative estimate of drug-likeness (QED) is 0.491. The zero-order valence-electron chi connectivity index (χ0n) is 18.0. The Bertz CT molecular complexity index is 903. The van der Waals surface area contributed by atoms with Crippen molar-refractivity contribution in [3.05, 3.63) is 46.1 Å². The Morgan fingerprint density at radius 1 is 1.20 bits per heavy atom. The Morgan fingerprint density at radius 3 is 2.67 bits per heavy atom. The maximum Gasteiger partial charge on any atom is 0.203 e. The third kappa shape index (κ3) is 5.36. The number of hydrogen-bond acceptors (Lipinski definition) is 4. The summed E-state index contributed by atoms with van der Waals surface area (Å²) in [5.74, 6) is 1.00. The van der Waals surface area contributed by atoms with Crippen molar-refractivity contribution in [2.45, 2.75) is 32.7 Å². The van der Waals surface area contributed by atoms with Gasteiger partial charge in [0, 0.05) is 49.8 Å². The van der Waals surface area contributed by atoms with Crippen molar-refractivity contribution in [2.75, 3.05) is 48.8 Å². The molecule has 30 heavy (non-hydrogen) atoms.